The summed E-state index contributed by atoms with van der Waals surface area (Å²) in [6, 6.07) is 1.26. The summed E-state index contributed by atoms with van der Waals surface area (Å²) < 4.78 is 28.4. The average Bonchev–Trinajstić information content (AvgIpc) is 2.71. The van der Waals surface area contributed by atoms with Gasteiger partial charge >= 0.3 is 0 Å². The molecule has 9 heteroatoms. The van der Waals surface area contributed by atoms with Crippen molar-refractivity contribution in [3.63, 3.8) is 0 Å². The summed E-state index contributed by atoms with van der Waals surface area (Å²) >= 11 is 11.4. The lowest BCUT2D eigenvalue weighted by atomic mass is 10.3. The molecule has 0 saturated heterocycles. The zero-order valence-electron chi connectivity index (χ0n) is 10.8. The molecule has 0 aliphatic rings. The summed E-state index contributed by atoms with van der Waals surface area (Å²) in [6.45, 7) is 2.00. The lowest BCUT2D eigenvalue weighted by molar-refractivity contribution is 0.580. The quantitative estimate of drug-likeness (QED) is 0.866. The van der Waals surface area contributed by atoms with Crippen molar-refractivity contribution >= 4 is 33.2 Å². The van der Waals surface area contributed by atoms with Crippen LogP contribution in [0.2, 0.25) is 10.2 Å². The molecule has 0 saturated carbocycles. The van der Waals surface area contributed by atoms with E-state index in [1.165, 1.54) is 6.07 Å². The van der Waals surface area contributed by atoms with Crippen LogP contribution in [0.5, 0.6) is 0 Å². The van der Waals surface area contributed by atoms with Gasteiger partial charge in [-0.15, -0.1) is 0 Å². The van der Waals surface area contributed by atoms with E-state index in [0.717, 1.165) is 17.5 Å². The molecule has 1 N–H and O–H groups in total. The summed E-state index contributed by atoms with van der Waals surface area (Å²) in [5.74, 6) is 0. The van der Waals surface area contributed by atoms with Crippen molar-refractivity contribution in [2.45, 2.75) is 18.4 Å². The Balaban J connectivity index is 2.19. The van der Waals surface area contributed by atoms with Crippen molar-refractivity contribution in [3.05, 3.63) is 39.9 Å². The number of hydrogen-bond donors (Lipinski definition) is 1. The Morgan fingerprint density at radius 1 is 1.35 bits per heavy atom. The highest BCUT2D eigenvalue weighted by Crippen LogP contribution is 2.22. The average molecular weight is 335 g/mol. The molecule has 0 atom stereocenters. The van der Waals surface area contributed by atoms with Crippen molar-refractivity contribution in [1.82, 2.24) is 19.5 Å². The number of sulfonamides is 1. The number of aromatic nitrogens is 3. The minimum absolute atomic E-state index is 0.0338. The highest BCUT2D eigenvalue weighted by Gasteiger charge is 2.17. The molecule has 2 rings (SSSR count). The Bertz CT molecular complexity index is 743. The molecule has 2 aromatic rings. The molecule has 0 radical (unpaired) electrons. The van der Waals surface area contributed by atoms with Crippen LogP contribution in [0.4, 0.5) is 0 Å². The molecule has 0 spiro atoms. The first-order chi connectivity index (χ1) is 9.31. The maximum absolute atomic E-state index is 12.1. The Morgan fingerprint density at radius 2 is 2.05 bits per heavy atom. The van der Waals surface area contributed by atoms with Gasteiger partial charge in [0, 0.05) is 31.0 Å². The van der Waals surface area contributed by atoms with Crippen molar-refractivity contribution in [3.8, 4) is 0 Å². The summed E-state index contributed by atoms with van der Waals surface area (Å²) in [7, 11) is -1.91. The van der Waals surface area contributed by atoms with Crippen LogP contribution in [0.15, 0.2) is 23.4 Å². The molecule has 2 heterocycles. The van der Waals surface area contributed by atoms with E-state index in [9.17, 15) is 8.42 Å². The standard InChI is InChI=1S/C11H12Cl2N4O2S/c1-7-8(4-15-17(7)2)5-16-20(18,19)9-3-10(12)11(13)14-6-9/h3-4,6,16H,5H2,1-2H3. The molecule has 0 unspecified atom stereocenters. The van der Waals surface area contributed by atoms with Gasteiger partial charge in [-0.2, -0.15) is 5.10 Å². The monoisotopic (exact) mass is 334 g/mol. The summed E-state index contributed by atoms with van der Waals surface area (Å²) in [5, 5.41) is 4.20. The molecule has 0 aliphatic heterocycles. The smallest absolute Gasteiger partial charge is 0.242 e. The first-order valence-corrected chi connectivity index (χ1v) is 7.83. The van der Waals surface area contributed by atoms with E-state index in [4.69, 9.17) is 23.2 Å². The van der Waals surface area contributed by atoms with Crippen molar-refractivity contribution in [2.24, 2.45) is 7.05 Å². The largest absolute Gasteiger partial charge is 0.273 e. The van der Waals surface area contributed by atoms with Gasteiger partial charge in [-0.3, -0.25) is 4.68 Å². The summed E-state index contributed by atoms with van der Waals surface area (Å²) in [5.41, 5.74) is 1.68. The van der Waals surface area contributed by atoms with Gasteiger partial charge < -0.3 is 0 Å². The molecular formula is C11H12Cl2N4O2S. The van der Waals surface area contributed by atoms with Gasteiger partial charge in [-0.05, 0) is 13.0 Å². The van der Waals surface area contributed by atoms with Crippen LogP contribution in [-0.4, -0.2) is 23.2 Å². The number of nitrogens with one attached hydrogen (secondary N) is 1. The van der Waals surface area contributed by atoms with Crippen LogP contribution in [0.25, 0.3) is 0 Å². The molecular weight excluding hydrogens is 323 g/mol. The first kappa shape index (κ1) is 15.2. The third kappa shape index (κ3) is 3.12. The number of rotatable bonds is 4. The number of aryl methyl sites for hydroxylation is 1. The molecule has 0 aliphatic carbocycles. The maximum Gasteiger partial charge on any atom is 0.242 e. The second-order valence-corrected chi connectivity index (χ2v) is 6.68. The van der Waals surface area contributed by atoms with Crippen LogP contribution in [0.3, 0.4) is 0 Å². The van der Waals surface area contributed by atoms with Crippen molar-refractivity contribution < 1.29 is 8.42 Å². The second kappa shape index (κ2) is 5.69. The van der Waals surface area contributed by atoms with Crippen molar-refractivity contribution in [2.75, 3.05) is 0 Å². The second-order valence-electron chi connectivity index (χ2n) is 4.15. The van der Waals surface area contributed by atoms with E-state index in [2.05, 4.69) is 14.8 Å². The van der Waals surface area contributed by atoms with Gasteiger partial charge in [-0.1, -0.05) is 23.2 Å². The van der Waals surface area contributed by atoms with Crippen LogP contribution >= 0.6 is 23.2 Å². The van der Waals surface area contributed by atoms with E-state index in [0.29, 0.717) is 0 Å². The van der Waals surface area contributed by atoms with Crippen LogP contribution in [0, 0.1) is 6.92 Å². The van der Waals surface area contributed by atoms with Crippen molar-refractivity contribution in [1.29, 1.82) is 0 Å². The first-order valence-electron chi connectivity index (χ1n) is 5.59. The van der Waals surface area contributed by atoms with E-state index in [-0.39, 0.29) is 21.6 Å². The minimum atomic E-state index is -3.70. The van der Waals surface area contributed by atoms with Crippen LogP contribution < -0.4 is 4.72 Å². The van der Waals surface area contributed by atoms with E-state index >= 15 is 0 Å². The number of pyridine rings is 1. The molecule has 20 heavy (non-hydrogen) atoms. The van der Waals surface area contributed by atoms with E-state index < -0.39 is 10.0 Å². The van der Waals surface area contributed by atoms with E-state index in [1.807, 2.05) is 6.92 Å². The predicted molar refractivity (Wildman–Crippen MR) is 76.2 cm³/mol. The normalized spacial score (nSPS) is 11.8. The third-order valence-corrected chi connectivity index (χ3v) is 4.93. The lowest BCUT2D eigenvalue weighted by Crippen LogP contribution is -2.23. The molecule has 0 aromatic carbocycles. The molecule has 2 aromatic heterocycles. The zero-order valence-corrected chi connectivity index (χ0v) is 13.1. The van der Waals surface area contributed by atoms with Gasteiger partial charge in [0.05, 0.1) is 11.2 Å². The zero-order chi connectivity index (χ0) is 14.9. The number of halogens is 2. The Hall–Kier alpha value is -1.15. The van der Waals surface area contributed by atoms with Gasteiger partial charge in [0.2, 0.25) is 10.0 Å². The molecule has 6 nitrogen and oxygen atoms in total. The predicted octanol–water partition coefficient (Wildman–Crippen LogP) is 1.91. The van der Waals surface area contributed by atoms with Gasteiger partial charge in [0.25, 0.3) is 0 Å². The Labute approximate surface area is 126 Å². The molecule has 0 amide bonds. The third-order valence-electron chi connectivity index (χ3n) is 2.87. The lowest BCUT2D eigenvalue weighted by Gasteiger charge is -2.07. The van der Waals surface area contributed by atoms with E-state index in [1.54, 1.807) is 17.9 Å². The minimum Gasteiger partial charge on any atom is -0.273 e. The van der Waals surface area contributed by atoms with Crippen LogP contribution in [-0.2, 0) is 23.6 Å². The van der Waals surface area contributed by atoms with Gasteiger partial charge in [-0.25, -0.2) is 18.1 Å². The van der Waals surface area contributed by atoms with Gasteiger partial charge in [0.1, 0.15) is 10.0 Å². The maximum atomic E-state index is 12.1. The summed E-state index contributed by atoms with van der Waals surface area (Å²) in [6.07, 6.45) is 2.78. The molecule has 0 bridgehead atoms. The van der Waals surface area contributed by atoms with Crippen LogP contribution in [0.1, 0.15) is 11.3 Å². The summed E-state index contributed by atoms with van der Waals surface area (Å²) in [4.78, 5) is 3.69. The molecule has 108 valence electrons. The highest BCUT2D eigenvalue weighted by atomic mass is 35.5. The fourth-order valence-electron chi connectivity index (χ4n) is 1.52. The fourth-order valence-corrected chi connectivity index (χ4v) is 2.84. The SMILES string of the molecule is Cc1c(CNS(=O)(=O)c2cnc(Cl)c(Cl)c2)cnn1C. The number of hydrogen-bond acceptors (Lipinski definition) is 4. The Morgan fingerprint density at radius 3 is 2.60 bits per heavy atom. The fraction of sp³-hybridized carbons (Fsp3) is 0.273. The Kier molecular flexibility index (Phi) is 4.33. The highest BCUT2D eigenvalue weighted by molar-refractivity contribution is 7.89. The topological polar surface area (TPSA) is 76.9 Å². The molecule has 0 fully saturated rings. The van der Waals surface area contributed by atoms with Gasteiger partial charge in [0.15, 0.2) is 0 Å². The number of nitrogens with zero attached hydrogens (tertiary/aromatic N) is 3.